The van der Waals surface area contributed by atoms with Gasteiger partial charge >= 0.3 is 0 Å². The first kappa shape index (κ1) is 16.8. The summed E-state index contributed by atoms with van der Waals surface area (Å²) >= 11 is 12.4. The molecule has 0 saturated carbocycles. The molecule has 5 heteroatoms. The predicted octanol–water partition coefficient (Wildman–Crippen LogP) is 3.86. The molecule has 0 amide bonds. The van der Waals surface area contributed by atoms with Gasteiger partial charge in [0.05, 0.1) is 16.4 Å². The lowest BCUT2D eigenvalue weighted by molar-refractivity contribution is 0.436. The summed E-state index contributed by atoms with van der Waals surface area (Å²) in [5.74, 6) is 1.26. The number of alkyl halides is 1. The molecule has 3 nitrogen and oxygen atoms in total. The van der Waals surface area contributed by atoms with Gasteiger partial charge in [0.1, 0.15) is 0 Å². The Morgan fingerprint density at radius 2 is 2.00 bits per heavy atom. The molecule has 1 unspecified atom stereocenters. The van der Waals surface area contributed by atoms with Crippen LogP contribution in [-0.4, -0.2) is 21.7 Å². The Labute approximate surface area is 126 Å². The molecule has 1 heterocycles. The summed E-state index contributed by atoms with van der Waals surface area (Å²) in [6.07, 6.45) is 1.94. The summed E-state index contributed by atoms with van der Waals surface area (Å²) in [6, 6.07) is 0.322. The highest BCUT2D eigenvalue weighted by Gasteiger charge is 2.16. The molecule has 0 aliphatic heterocycles. The van der Waals surface area contributed by atoms with E-state index in [2.05, 4.69) is 38.1 Å². The van der Waals surface area contributed by atoms with Gasteiger partial charge in [-0.1, -0.05) is 32.4 Å². The van der Waals surface area contributed by atoms with E-state index in [1.54, 1.807) is 0 Å². The summed E-state index contributed by atoms with van der Waals surface area (Å²) in [5, 5.41) is 8.82. The highest BCUT2D eigenvalue weighted by atomic mass is 35.5. The van der Waals surface area contributed by atoms with Crippen molar-refractivity contribution in [2.24, 2.45) is 5.92 Å². The predicted molar refractivity (Wildman–Crippen MR) is 83.1 cm³/mol. The molecule has 0 radical (unpaired) electrons. The molecule has 0 fully saturated rings. The zero-order valence-electron chi connectivity index (χ0n) is 12.3. The average Bonchev–Trinajstić information content (AvgIpc) is 2.70. The maximum atomic E-state index is 6.38. The smallest absolute Gasteiger partial charge is 0.0863 e. The average molecular weight is 306 g/mol. The van der Waals surface area contributed by atoms with Crippen LogP contribution in [0.15, 0.2) is 0 Å². The molecule has 1 aromatic rings. The third-order valence-corrected chi connectivity index (χ3v) is 4.00. The van der Waals surface area contributed by atoms with Crippen molar-refractivity contribution in [1.29, 1.82) is 0 Å². The van der Waals surface area contributed by atoms with E-state index in [1.807, 2.05) is 4.68 Å². The van der Waals surface area contributed by atoms with Crippen molar-refractivity contribution in [1.82, 2.24) is 15.1 Å². The third kappa shape index (κ3) is 4.66. The topological polar surface area (TPSA) is 29.9 Å². The first-order valence-corrected chi connectivity index (χ1v) is 7.98. The summed E-state index contributed by atoms with van der Waals surface area (Å²) in [6.45, 7) is 10.1. The molecule has 19 heavy (non-hydrogen) atoms. The monoisotopic (exact) mass is 305 g/mol. The van der Waals surface area contributed by atoms with E-state index >= 15 is 0 Å². The number of hydrogen-bond donors (Lipinski definition) is 1. The maximum absolute atomic E-state index is 6.38. The molecule has 0 aromatic carbocycles. The van der Waals surface area contributed by atoms with Crippen molar-refractivity contribution in [2.45, 2.75) is 59.7 Å². The molecule has 1 rings (SSSR count). The molecule has 0 aliphatic carbocycles. The Hall–Kier alpha value is -0.250. The number of nitrogens with one attached hydrogen (secondary N) is 1. The molecule has 0 saturated heterocycles. The highest BCUT2D eigenvalue weighted by Crippen LogP contribution is 2.21. The fourth-order valence-electron chi connectivity index (χ4n) is 2.20. The van der Waals surface area contributed by atoms with E-state index in [-0.39, 0.29) is 0 Å². The molecule has 0 spiro atoms. The zero-order chi connectivity index (χ0) is 14.4. The minimum absolute atomic E-state index is 0.322. The van der Waals surface area contributed by atoms with Crippen molar-refractivity contribution in [3.63, 3.8) is 0 Å². The van der Waals surface area contributed by atoms with Crippen molar-refractivity contribution < 1.29 is 0 Å². The van der Waals surface area contributed by atoms with Gasteiger partial charge in [-0.25, -0.2) is 0 Å². The quantitative estimate of drug-likeness (QED) is 0.739. The van der Waals surface area contributed by atoms with E-state index in [4.69, 9.17) is 23.2 Å². The summed E-state index contributed by atoms with van der Waals surface area (Å²) < 4.78 is 1.98. The molecule has 1 atom stereocenters. The fourth-order valence-corrected chi connectivity index (χ4v) is 2.77. The first-order valence-electron chi connectivity index (χ1n) is 7.06. The Kier molecular flexibility index (Phi) is 7.19. The van der Waals surface area contributed by atoms with E-state index in [0.29, 0.717) is 17.8 Å². The Balaban J connectivity index is 2.73. The van der Waals surface area contributed by atoms with Crippen LogP contribution in [0.5, 0.6) is 0 Å². The lowest BCUT2D eigenvalue weighted by atomic mass is 10.1. The van der Waals surface area contributed by atoms with E-state index < -0.39 is 0 Å². The van der Waals surface area contributed by atoms with Crippen LogP contribution in [0.3, 0.4) is 0 Å². The van der Waals surface area contributed by atoms with Crippen molar-refractivity contribution in [2.75, 3.05) is 5.88 Å². The van der Waals surface area contributed by atoms with Crippen LogP contribution in [-0.2, 0) is 19.5 Å². The Morgan fingerprint density at radius 1 is 1.32 bits per heavy atom. The van der Waals surface area contributed by atoms with Crippen LogP contribution in [0.25, 0.3) is 0 Å². The van der Waals surface area contributed by atoms with Crippen molar-refractivity contribution in [3.05, 3.63) is 16.4 Å². The maximum Gasteiger partial charge on any atom is 0.0863 e. The zero-order valence-corrected chi connectivity index (χ0v) is 13.9. The molecule has 1 N–H and O–H groups in total. The SMILES string of the molecule is CCc1nn(CC)c(CNC(CCl)CC(C)C)c1Cl. The van der Waals surface area contributed by atoms with Gasteiger partial charge in [0.15, 0.2) is 0 Å². The van der Waals surface area contributed by atoms with Crippen LogP contribution in [0, 0.1) is 5.92 Å². The standard InChI is InChI=1S/C14H25Cl2N3/c1-5-12-14(16)13(19(6-2)18-12)9-17-11(8-15)7-10(3)4/h10-11,17H,5-9H2,1-4H3. The van der Waals surface area contributed by atoms with Crippen LogP contribution in [0.2, 0.25) is 5.02 Å². The lowest BCUT2D eigenvalue weighted by Crippen LogP contribution is -2.32. The van der Waals surface area contributed by atoms with E-state index in [9.17, 15) is 0 Å². The van der Waals surface area contributed by atoms with Gasteiger partial charge < -0.3 is 5.32 Å². The van der Waals surface area contributed by atoms with Gasteiger partial charge in [0, 0.05) is 25.0 Å². The van der Waals surface area contributed by atoms with E-state index in [1.165, 1.54) is 0 Å². The number of hydrogen-bond acceptors (Lipinski definition) is 2. The van der Waals surface area contributed by atoms with Crippen LogP contribution in [0.4, 0.5) is 0 Å². The molecule has 1 aromatic heterocycles. The Morgan fingerprint density at radius 3 is 2.47 bits per heavy atom. The molecule has 0 bridgehead atoms. The minimum atomic E-state index is 0.322. The van der Waals surface area contributed by atoms with Crippen LogP contribution in [0.1, 0.15) is 45.5 Å². The van der Waals surface area contributed by atoms with Gasteiger partial charge in [-0.05, 0) is 25.7 Å². The number of rotatable bonds is 8. The van der Waals surface area contributed by atoms with Gasteiger partial charge in [-0.15, -0.1) is 11.6 Å². The molecular formula is C14H25Cl2N3. The summed E-state index contributed by atoms with van der Waals surface area (Å²) in [4.78, 5) is 0. The first-order chi connectivity index (χ1) is 9.03. The summed E-state index contributed by atoms with van der Waals surface area (Å²) in [7, 11) is 0. The van der Waals surface area contributed by atoms with Crippen molar-refractivity contribution in [3.8, 4) is 0 Å². The van der Waals surface area contributed by atoms with Gasteiger partial charge in [-0.3, -0.25) is 4.68 Å². The second-order valence-corrected chi connectivity index (χ2v) is 5.92. The van der Waals surface area contributed by atoms with Crippen LogP contribution < -0.4 is 5.32 Å². The van der Waals surface area contributed by atoms with Gasteiger partial charge in [0.25, 0.3) is 0 Å². The number of halogens is 2. The number of aromatic nitrogens is 2. The normalized spacial score (nSPS) is 13.2. The van der Waals surface area contributed by atoms with Gasteiger partial charge in [0.2, 0.25) is 0 Å². The minimum Gasteiger partial charge on any atom is -0.307 e. The van der Waals surface area contributed by atoms with Crippen molar-refractivity contribution >= 4 is 23.2 Å². The number of nitrogens with zero attached hydrogens (tertiary/aromatic N) is 2. The molecule has 0 aliphatic rings. The molecular weight excluding hydrogens is 281 g/mol. The summed E-state index contributed by atoms with van der Waals surface area (Å²) in [5.41, 5.74) is 2.05. The largest absolute Gasteiger partial charge is 0.307 e. The number of aryl methyl sites for hydroxylation is 2. The molecule has 110 valence electrons. The second kappa shape index (κ2) is 8.13. The third-order valence-electron chi connectivity index (χ3n) is 3.19. The van der Waals surface area contributed by atoms with Gasteiger partial charge in [-0.2, -0.15) is 5.10 Å². The van der Waals surface area contributed by atoms with E-state index in [0.717, 1.165) is 42.3 Å². The second-order valence-electron chi connectivity index (χ2n) is 5.24. The highest BCUT2D eigenvalue weighted by molar-refractivity contribution is 6.31. The fraction of sp³-hybridized carbons (Fsp3) is 0.786. The Bertz CT molecular complexity index is 388. The lowest BCUT2D eigenvalue weighted by Gasteiger charge is -2.18. The van der Waals surface area contributed by atoms with Crippen LogP contribution >= 0.6 is 23.2 Å².